The molecule has 4 heteroatoms. The van der Waals surface area contributed by atoms with Gasteiger partial charge in [0.2, 0.25) is 5.78 Å². The predicted molar refractivity (Wildman–Crippen MR) is 96.7 cm³/mol. The molecule has 0 aliphatic carbocycles. The van der Waals surface area contributed by atoms with Gasteiger partial charge >= 0.3 is 0 Å². The van der Waals surface area contributed by atoms with Gasteiger partial charge in [-0.3, -0.25) is 9.69 Å². The van der Waals surface area contributed by atoms with Crippen molar-refractivity contribution in [1.29, 1.82) is 0 Å². The fourth-order valence-electron chi connectivity index (χ4n) is 3.12. The summed E-state index contributed by atoms with van der Waals surface area (Å²) in [6, 6.07) is 12.1. The molecule has 2 aromatic carbocycles. The third kappa shape index (κ3) is 2.83. The normalized spacial score (nSPS) is 18.1. The Morgan fingerprint density at radius 2 is 1.88 bits per heavy atom. The number of hydrogen-bond donors (Lipinski definition) is 0. The van der Waals surface area contributed by atoms with Crippen LogP contribution in [0, 0.1) is 6.92 Å². The minimum absolute atomic E-state index is 0.0694. The minimum atomic E-state index is -0.0694. The molecule has 2 heterocycles. The van der Waals surface area contributed by atoms with Gasteiger partial charge in [0.05, 0.1) is 11.1 Å². The van der Waals surface area contributed by atoms with Crippen molar-refractivity contribution >= 4 is 11.9 Å². The first-order valence-electron chi connectivity index (χ1n) is 8.56. The van der Waals surface area contributed by atoms with Crippen molar-refractivity contribution in [2.24, 2.45) is 0 Å². The monoisotopic (exact) mass is 335 g/mol. The summed E-state index contributed by atoms with van der Waals surface area (Å²) in [6.45, 7) is 7.58. The third-order valence-electron chi connectivity index (χ3n) is 4.75. The lowest BCUT2D eigenvalue weighted by Crippen LogP contribution is -2.37. The van der Waals surface area contributed by atoms with Crippen LogP contribution in [0.25, 0.3) is 6.08 Å². The van der Waals surface area contributed by atoms with E-state index in [9.17, 15) is 4.79 Å². The molecule has 0 fully saturated rings. The molecular formula is C21H21NO3. The maximum Gasteiger partial charge on any atom is 0.231 e. The number of carbonyl (C=O) groups is 1. The highest BCUT2D eigenvalue weighted by atomic mass is 16.5. The van der Waals surface area contributed by atoms with Gasteiger partial charge in [-0.1, -0.05) is 29.8 Å². The summed E-state index contributed by atoms with van der Waals surface area (Å²) in [5.41, 5.74) is 3.71. The molecule has 2 aliphatic rings. The van der Waals surface area contributed by atoms with Crippen LogP contribution >= 0.6 is 0 Å². The maximum atomic E-state index is 12.7. The fraction of sp³-hybridized carbons (Fsp3) is 0.286. The van der Waals surface area contributed by atoms with Crippen molar-refractivity contribution in [1.82, 2.24) is 4.90 Å². The van der Waals surface area contributed by atoms with Crippen molar-refractivity contribution in [3.05, 3.63) is 64.4 Å². The quantitative estimate of drug-likeness (QED) is 0.772. The molecule has 4 nitrogen and oxygen atoms in total. The van der Waals surface area contributed by atoms with E-state index in [0.29, 0.717) is 29.8 Å². The predicted octanol–water partition coefficient (Wildman–Crippen LogP) is 4.17. The molecule has 0 N–H and O–H groups in total. The topological polar surface area (TPSA) is 38.8 Å². The molecule has 2 aromatic rings. The first-order chi connectivity index (χ1) is 12.0. The zero-order valence-corrected chi connectivity index (χ0v) is 14.7. The van der Waals surface area contributed by atoms with Gasteiger partial charge in [-0.05, 0) is 44.5 Å². The lowest BCUT2D eigenvalue weighted by Gasteiger charge is -2.32. The number of aryl methyl sites for hydroxylation is 1. The second kappa shape index (κ2) is 6.05. The van der Waals surface area contributed by atoms with E-state index in [1.807, 2.05) is 37.3 Å². The van der Waals surface area contributed by atoms with E-state index in [-0.39, 0.29) is 5.78 Å². The number of fused-ring (bicyclic) bond motifs is 3. The Labute approximate surface area is 147 Å². The van der Waals surface area contributed by atoms with Crippen LogP contribution in [-0.4, -0.2) is 23.5 Å². The number of benzene rings is 2. The molecule has 0 bridgehead atoms. The molecule has 0 aromatic heterocycles. The summed E-state index contributed by atoms with van der Waals surface area (Å²) in [6.07, 6.45) is 1.80. The molecule has 0 unspecified atom stereocenters. The van der Waals surface area contributed by atoms with Crippen LogP contribution in [0.15, 0.2) is 42.2 Å². The Morgan fingerprint density at radius 3 is 2.60 bits per heavy atom. The molecule has 128 valence electrons. The van der Waals surface area contributed by atoms with Gasteiger partial charge in [0.25, 0.3) is 0 Å². The Hall–Kier alpha value is -2.59. The third-order valence-corrected chi connectivity index (χ3v) is 4.75. The number of Topliss-reactive ketones (excluding diaryl/α,β-unsaturated/α-hetero) is 1. The zero-order chi connectivity index (χ0) is 17.6. The van der Waals surface area contributed by atoms with Gasteiger partial charge in [0.15, 0.2) is 5.76 Å². The van der Waals surface area contributed by atoms with Gasteiger partial charge in [0.1, 0.15) is 18.2 Å². The standard InChI is InChI=1S/C21H21NO3/c1-13(2)22-11-17-18(24-12-22)9-8-16-20(23)19(25-21(16)17)10-15-6-4-14(3)5-7-15/h4-10,13H,11-12H2,1-3H3/b19-10-. The van der Waals surface area contributed by atoms with Crippen molar-refractivity contribution in [3.8, 4) is 11.5 Å². The van der Waals surface area contributed by atoms with Crippen LogP contribution in [0.1, 0.15) is 40.9 Å². The Kier molecular flexibility index (Phi) is 3.85. The van der Waals surface area contributed by atoms with E-state index < -0.39 is 0 Å². The molecule has 4 rings (SSSR count). The lowest BCUT2D eigenvalue weighted by atomic mass is 10.0. The number of ketones is 1. The smallest absolute Gasteiger partial charge is 0.231 e. The van der Waals surface area contributed by atoms with Crippen molar-refractivity contribution < 1.29 is 14.3 Å². The van der Waals surface area contributed by atoms with Gasteiger partial charge in [0, 0.05) is 12.6 Å². The number of nitrogens with zero attached hydrogens (tertiary/aromatic N) is 1. The van der Waals surface area contributed by atoms with Gasteiger partial charge < -0.3 is 9.47 Å². The summed E-state index contributed by atoms with van der Waals surface area (Å²) in [4.78, 5) is 14.9. The van der Waals surface area contributed by atoms with E-state index in [2.05, 4.69) is 18.7 Å². The van der Waals surface area contributed by atoms with Crippen LogP contribution in [0.4, 0.5) is 0 Å². The summed E-state index contributed by atoms with van der Waals surface area (Å²) in [5.74, 6) is 1.75. The molecule has 0 saturated carbocycles. The largest absolute Gasteiger partial charge is 0.478 e. The van der Waals surface area contributed by atoms with Crippen molar-refractivity contribution in [2.45, 2.75) is 33.4 Å². The molecule has 0 spiro atoms. The molecule has 0 saturated heterocycles. The summed E-state index contributed by atoms with van der Waals surface area (Å²) >= 11 is 0. The Bertz CT molecular complexity index is 865. The average molecular weight is 335 g/mol. The molecular weight excluding hydrogens is 314 g/mol. The van der Waals surface area contributed by atoms with E-state index in [4.69, 9.17) is 9.47 Å². The van der Waals surface area contributed by atoms with Crippen LogP contribution in [0.3, 0.4) is 0 Å². The number of carbonyl (C=O) groups excluding carboxylic acids is 1. The highest BCUT2D eigenvalue weighted by Crippen LogP contribution is 2.42. The number of ether oxygens (including phenoxy) is 2. The van der Waals surface area contributed by atoms with Crippen LogP contribution < -0.4 is 9.47 Å². The second-order valence-electron chi connectivity index (χ2n) is 6.88. The highest BCUT2D eigenvalue weighted by Gasteiger charge is 2.33. The highest BCUT2D eigenvalue weighted by molar-refractivity contribution is 6.15. The van der Waals surface area contributed by atoms with Gasteiger partial charge in [-0.25, -0.2) is 0 Å². The fourth-order valence-corrected chi connectivity index (χ4v) is 3.12. The average Bonchev–Trinajstić information content (AvgIpc) is 2.93. The van der Waals surface area contributed by atoms with Crippen LogP contribution in [0.5, 0.6) is 11.5 Å². The second-order valence-corrected chi connectivity index (χ2v) is 6.88. The molecule has 0 radical (unpaired) electrons. The van der Waals surface area contributed by atoms with Gasteiger partial charge in [-0.2, -0.15) is 0 Å². The number of hydrogen-bond acceptors (Lipinski definition) is 4. The number of allylic oxidation sites excluding steroid dienone is 1. The molecule has 0 atom stereocenters. The SMILES string of the molecule is Cc1ccc(/C=C2\Oc3c(ccc4c3CN(C(C)C)CO4)C2=O)cc1. The Morgan fingerprint density at radius 1 is 1.12 bits per heavy atom. The van der Waals surface area contributed by atoms with E-state index in [1.54, 1.807) is 12.1 Å². The zero-order valence-electron chi connectivity index (χ0n) is 14.7. The summed E-state index contributed by atoms with van der Waals surface area (Å²) < 4.78 is 11.8. The number of rotatable bonds is 2. The van der Waals surface area contributed by atoms with E-state index >= 15 is 0 Å². The van der Waals surface area contributed by atoms with Crippen LogP contribution in [0.2, 0.25) is 0 Å². The summed E-state index contributed by atoms with van der Waals surface area (Å²) in [5, 5.41) is 0. The van der Waals surface area contributed by atoms with E-state index in [1.165, 1.54) is 5.56 Å². The van der Waals surface area contributed by atoms with Crippen molar-refractivity contribution in [3.63, 3.8) is 0 Å². The lowest BCUT2D eigenvalue weighted by molar-refractivity contribution is 0.0674. The van der Waals surface area contributed by atoms with Crippen molar-refractivity contribution in [2.75, 3.05) is 6.73 Å². The molecule has 0 amide bonds. The first-order valence-corrected chi connectivity index (χ1v) is 8.56. The summed E-state index contributed by atoms with van der Waals surface area (Å²) in [7, 11) is 0. The first kappa shape index (κ1) is 15.9. The van der Waals surface area contributed by atoms with E-state index in [0.717, 1.165) is 23.4 Å². The van der Waals surface area contributed by atoms with Gasteiger partial charge in [-0.15, -0.1) is 0 Å². The maximum absolute atomic E-state index is 12.7. The van der Waals surface area contributed by atoms with Crippen LogP contribution in [-0.2, 0) is 6.54 Å². The minimum Gasteiger partial charge on any atom is -0.478 e. The Balaban J connectivity index is 1.70. The molecule has 2 aliphatic heterocycles. The molecule has 25 heavy (non-hydrogen) atoms.